The van der Waals surface area contributed by atoms with Gasteiger partial charge in [0.1, 0.15) is 11.6 Å². The summed E-state index contributed by atoms with van der Waals surface area (Å²) in [7, 11) is 1.93. The van der Waals surface area contributed by atoms with Crippen LogP contribution >= 0.6 is 0 Å². The van der Waals surface area contributed by atoms with Crippen LogP contribution in [0.2, 0.25) is 0 Å². The largest absolute Gasteiger partial charge is 0.462 e. The Bertz CT molecular complexity index is 690. The maximum atomic E-state index is 11.6. The van der Waals surface area contributed by atoms with Crippen molar-refractivity contribution in [2.45, 2.75) is 6.92 Å². The van der Waals surface area contributed by atoms with Crippen LogP contribution in [0.3, 0.4) is 0 Å². The van der Waals surface area contributed by atoms with Gasteiger partial charge in [0.15, 0.2) is 0 Å². The number of carbonyl (C=O) groups is 1. The van der Waals surface area contributed by atoms with E-state index in [2.05, 4.69) is 0 Å². The monoisotopic (exact) mass is 254 g/mol. The fraction of sp³-hybridized carbons (Fsp3) is 0.200. The van der Waals surface area contributed by atoms with Crippen LogP contribution in [0.5, 0.6) is 0 Å². The van der Waals surface area contributed by atoms with E-state index in [-0.39, 0.29) is 12.2 Å². The molecule has 0 aliphatic carbocycles. The number of benzene rings is 1. The van der Waals surface area contributed by atoms with Gasteiger partial charge in [-0.1, -0.05) is 18.2 Å². The van der Waals surface area contributed by atoms with Crippen LogP contribution < -0.4 is 0 Å². The van der Waals surface area contributed by atoms with Crippen LogP contribution in [0.4, 0.5) is 0 Å². The number of carbonyl (C=O) groups excluding carboxylic acids is 1. The molecule has 2 aromatic rings. The predicted molar refractivity (Wildman–Crippen MR) is 73.1 cm³/mol. The van der Waals surface area contributed by atoms with E-state index in [1.807, 2.05) is 48.1 Å². The van der Waals surface area contributed by atoms with Gasteiger partial charge in [-0.25, -0.2) is 4.79 Å². The van der Waals surface area contributed by atoms with Crippen molar-refractivity contribution in [3.63, 3.8) is 0 Å². The predicted octanol–water partition coefficient (Wildman–Crippen LogP) is 2.65. The molecule has 0 spiro atoms. The molecular formula is C15H14N2O2. The number of hydrogen-bond acceptors (Lipinski definition) is 3. The first-order valence-electron chi connectivity index (χ1n) is 6.00. The second-order valence-electron chi connectivity index (χ2n) is 4.10. The Labute approximate surface area is 111 Å². The number of rotatable bonds is 3. The van der Waals surface area contributed by atoms with E-state index in [1.54, 1.807) is 13.0 Å². The minimum Gasteiger partial charge on any atom is -0.462 e. The maximum absolute atomic E-state index is 11.6. The molecule has 0 atom stereocenters. The summed E-state index contributed by atoms with van der Waals surface area (Å²) in [6.45, 7) is 1.97. The van der Waals surface area contributed by atoms with Crippen LogP contribution in [-0.4, -0.2) is 17.1 Å². The third-order valence-electron chi connectivity index (χ3n) is 2.84. The average molecular weight is 254 g/mol. The molecule has 0 saturated carbocycles. The second-order valence-corrected chi connectivity index (χ2v) is 4.10. The molecule has 1 heterocycles. The topological polar surface area (TPSA) is 55.0 Å². The van der Waals surface area contributed by atoms with Gasteiger partial charge in [0.2, 0.25) is 0 Å². The molecule has 0 aliphatic heterocycles. The number of hydrogen-bond donors (Lipinski definition) is 0. The van der Waals surface area contributed by atoms with Crippen LogP contribution in [-0.2, 0) is 16.6 Å². The number of aryl methyl sites for hydroxylation is 1. The molecule has 2 rings (SSSR count). The Morgan fingerprint density at radius 2 is 2.21 bits per heavy atom. The van der Waals surface area contributed by atoms with Crippen LogP contribution in [0, 0.1) is 11.3 Å². The smallest absolute Gasteiger partial charge is 0.348 e. The molecule has 0 saturated heterocycles. The lowest BCUT2D eigenvalue weighted by atomic mass is 10.1. The highest BCUT2D eigenvalue weighted by Gasteiger charge is 2.12. The Hall–Kier alpha value is -2.54. The zero-order chi connectivity index (χ0) is 13.8. The summed E-state index contributed by atoms with van der Waals surface area (Å²) in [6, 6.07) is 9.71. The molecule has 0 amide bonds. The number of nitrogens with zero attached hydrogens (tertiary/aromatic N) is 2. The van der Waals surface area contributed by atoms with E-state index >= 15 is 0 Å². The molecule has 1 aromatic carbocycles. The van der Waals surface area contributed by atoms with Crippen molar-refractivity contribution in [1.29, 1.82) is 5.26 Å². The van der Waals surface area contributed by atoms with Gasteiger partial charge in [0, 0.05) is 29.7 Å². The van der Waals surface area contributed by atoms with Gasteiger partial charge in [-0.2, -0.15) is 5.26 Å². The van der Waals surface area contributed by atoms with Gasteiger partial charge in [-0.3, -0.25) is 0 Å². The van der Waals surface area contributed by atoms with Gasteiger partial charge >= 0.3 is 5.97 Å². The summed E-state index contributed by atoms with van der Waals surface area (Å²) in [5, 5.41) is 10.0. The molecule has 4 nitrogen and oxygen atoms in total. The molecule has 0 N–H and O–H groups in total. The fourth-order valence-corrected chi connectivity index (χ4v) is 1.99. The second kappa shape index (κ2) is 5.40. The third kappa shape index (κ3) is 2.50. The van der Waals surface area contributed by atoms with Crippen molar-refractivity contribution in [2.24, 2.45) is 7.05 Å². The third-order valence-corrected chi connectivity index (χ3v) is 2.84. The lowest BCUT2D eigenvalue weighted by Crippen LogP contribution is -2.05. The molecule has 0 unspecified atom stereocenters. The quantitative estimate of drug-likeness (QED) is 0.480. The van der Waals surface area contributed by atoms with Crippen molar-refractivity contribution in [1.82, 2.24) is 4.57 Å². The Morgan fingerprint density at radius 1 is 1.47 bits per heavy atom. The van der Waals surface area contributed by atoms with Crippen molar-refractivity contribution in [3.05, 3.63) is 41.6 Å². The molecule has 0 radical (unpaired) electrons. The first-order valence-corrected chi connectivity index (χ1v) is 6.00. The van der Waals surface area contributed by atoms with E-state index < -0.39 is 5.97 Å². The average Bonchev–Trinajstić information content (AvgIpc) is 2.73. The lowest BCUT2D eigenvalue weighted by molar-refractivity contribution is -0.137. The summed E-state index contributed by atoms with van der Waals surface area (Å²) >= 11 is 0. The molecule has 0 bridgehead atoms. The lowest BCUT2D eigenvalue weighted by Gasteiger charge is -1.98. The number of aromatic nitrogens is 1. The van der Waals surface area contributed by atoms with Crippen LogP contribution in [0.15, 0.2) is 36.0 Å². The molecular weight excluding hydrogens is 240 g/mol. The Kier molecular flexibility index (Phi) is 3.67. The zero-order valence-electron chi connectivity index (χ0n) is 10.9. The van der Waals surface area contributed by atoms with Crippen molar-refractivity contribution < 1.29 is 9.53 Å². The summed E-state index contributed by atoms with van der Waals surface area (Å²) in [5.74, 6) is -0.585. The Balaban J connectivity index is 2.50. The van der Waals surface area contributed by atoms with E-state index in [9.17, 15) is 4.79 Å². The van der Waals surface area contributed by atoms with Gasteiger partial charge in [-0.15, -0.1) is 0 Å². The van der Waals surface area contributed by atoms with E-state index in [0.29, 0.717) is 0 Å². The Morgan fingerprint density at radius 3 is 2.89 bits per heavy atom. The zero-order valence-corrected chi connectivity index (χ0v) is 10.9. The standard InChI is InChI=1S/C15H14N2O2/c1-3-19-15(18)11(9-16)8-12-10-17(2)14-7-5-4-6-13(12)14/h4-8,10H,3H2,1-2H3/b11-8+. The molecule has 0 fully saturated rings. The van der Waals surface area contributed by atoms with E-state index in [1.165, 1.54) is 0 Å². The molecule has 19 heavy (non-hydrogen) atoms. The molecule has 0 aliphatic rings. The normalized spacial score (nSPS) is 11.3. The molecule has 96 valence electrons. The fourth-order valence-electron chi connectivity index (χ4n) is 1.99. The minimum absolute atomic E-state index is 0.0122. The SMILES string of the molecule is CCOC(=O)/C(C#N)=C/c1cn(C)c2ccccc12. The van der Waals surface area contributed by atoms with E-state index in [4.69, 9.17) is 10.00 Å². The minimum atomic E-state index is -0.585. The summed E-state index contributed by atoms with van der Waals surface area (Å²) in [5.41, 5.74) is 1.90. The molecule has 1 aromatic heterocycles. The summed E-state index contributed by atoms with van der Waals surface area (Å²) in [6.07, 6.45) is 3.46. The number of ether oxygens (including phenoxy) is 1. The van der Waals surface area contributed by atoms with Crippen LogP contribution in [0.1, 0.15) is 12.5 Å². The van der Waals surface area contributed by atoms with Gasteiger partial charge in [0.25, 0.3) is 0 Å². The van der Waals surface area contributed by atoms with Gasteiger partial charge < -0.3 is 9.30 Å². The highest BCUT2D eigenvalue weighted by atomic mass is 16.5. The van der Waals surface area contributed by atoms with Gasteiger partial charge in [-0.05, 0) is 19.1 Å². The highest BCUT2D eigenvalue weighted by molar-refractivity contribution is 6.01. The number of fused-ring (bicyclic) bond motifs is 1. The highest BCUT2D eigenvalue weighted by Crippen LogP contribution is 2.22. The first-order chi connectivity index (χ1) is 9.17. The summed E-state index contributed by atoms with van der Waals surface area (Å²) < 4.78 is 6.81. The number of para-hydroxylation sites is 1. The summed E-state index contributed by atoms with van der Waals surface area (Å²) in [4.78, 5) is 11.6. The number of nitriles is 1. The van der Waals surface area contributed by atoms with Crippen molar-refractivity contribution in [2.75, 3.05) is 6.61 Å². The first kappa shape index (κ1) is 12.9. The molecule has 4 heteroatoms. The maximum Gasteiger partial charge on any atom is 0.348 e. The van der Waals surface area contributed by atoms with Crippen molar-refractivity contribution in [3.8, 4) is 6.07 Å². The van der Waals surface area contributed by atoms with Crippen LogP contribution in [0.25, 0.3) is 17.0 Å². The van der Waals surface area contributed by atoms with Crippen molar-refractivity contribution >= 4 is 22.9 Å². The number of esters is 1. The van der Waals surface area contributed by atoms with E-state index in [0.717, 1.165) is 16.5 Å². The van der Waals surface area contributed by atoms with Gasteiger partial charge in [0.05, 0.1) is 6.61 Å².